The van der Waals surface area contributed by atoms with Gasteiger partial charge in [0.1, 0.15) is 0 Å². The summed E-state index contributed by atoms with van der Waals surface area (Å²) in [4.78, 5) is 55.8. The fourth-order valence-electron chi connectivity index (χ4n) is 5.52. The molecule has 4 rings (SSSR count). The Kier molecular flexibility index (Phi) is 11.2. The minimum Gasteiger partial charge on any atom is -0.493 e. The summed E-state index contributed by atoms with van der Waals surface area (Å²) in [5.74, 6) is 0.713. The van der Waals surface area contributed by atoms with E-state index in [1.165, 1.54) is 7.11 Å². The van der Waals surface area contributed by atoms with Gasteiger partial charge in [-0.15, -0.1) is 0 Å². The van der Waals surface area contributed by atoms with Gasteiger partial charge in [0, 0.05) is 50.5 Å². The quantitative estimate of drug-likeness (QED) is 0.370. The van der Waals surface area contributed by atoms with Gasteiger partial charge < -0.3 is 30.7 Å². The number of nitrogens with zero attached hydrogens (tertiary/aromatic N) is 2. The smallest absolute Gasteiger partial charge is 0.348 e. The van der Waals surface area contributed by atoms with E-state index in [1.807, 2.05) is 19.1 Å². The van der Waals surface area contributed by atoms with Gasteiger partial charge in [-0.3, -0.25) is 19.0 Å². The molecule has 12 nitrogen and oxygen atoms in total. The van der Waals surface area contributed by atoms with Crippen LogP contribution in [0.5, 0.6) is 11.5 Å². The predicted molar refractivity (Wildman–Crippen MR) is 161 cm³/mol. The molecule has 2 aromatic rings. The number of hydrogen-bond acceptors (Lipinski definition) is 8. The van der Waals surface area contributed by atoms with E-state index in [9.17, 15) is 19.2 Å². The standard InChI is InChI=1S/C31H44N6O6/c1-21-15-22(2)37(30(41)36-21)14-13-34-29(40)31(17-23-6-7-23)18-24-8-9-25(42-3)26(16-24)43-19-28(39)33-12-11-32-10-4-5-27(38)35-20-31/h8-9,15-16,23,32H,4-7,10-14,17-20H2,1-3H3,(H,33,39)(H,34,40)(H,35,38). The highest BCUT2D eigenvalue weighted by Crippen LogP contribution is 2.43. The first-order valence-electron chi connectivity index (χ1n) is 15.1. The molecule has 0 saturated heterocycles. The van der Waals surface area contributed by atoms with Crippen LogP contribution in [0.15, 0.2) is 29.1 Å². The van der Waals surface area contributed by atoms with Crippen molar-refractivity contribution in [3.05, 3.63) is 51.7 Å². The highest BCUT2D eigenvalue weighted by molar-refractivity contribution is 5.84. The zero-order valence-corrected chi connectivity index (χ0v) is 25.4. The average molecular weight is 597 g/mol. The van der Waals surface area contributed by atoms with Gasteiger partial charge in [0.25, 0.3) is 5.91 Å². The molecule has 234 valence electrons. The normalized spacial score (nSPS) is 20.5. The molecule has 43 heavy (non-hydrogen) atoms. The van der Waals surface area contributed by atoms with E-state index in [-0.39, 0.29) is 49.7 Å². The summed E-state index contributed by atoms with van der Waals surface area (Å²) in [6.07, 6.45) is 3.97. The molecular formula is C31H44N6O6. The molecule has 1 aliphatic carbocycles. The van der Waals surface area contributed by atoms with Crippen LogP contribution in [0.25, 0.3) is 0 Å². The molecular weight excluding hydrogens is 552 g/mol. The van der Waals surface area contributed by atoms with E-state index < -0.39 is 5.41 Å². The molecule has 12 heteroatoms. The first kappa shape index (κ1) is 32.0. The van der Waals surface area contributed by atoms with Crippen molar-refractivity contribution >= 4 is 17.7 Å². The van der Waals surface area contributed by atoms with Crippen LogP contribution in [0.2, 0.25) is 0 Å². The summed E-state index contributed by atoms with van der Waals surface area (Å²) in [6, 6.07) is 7.28. The number of benzene rings is 1. The number of nitrogens with one attached hydrogen (secondary N) is 4. The maximum Gasteiger partial charge on any atom is 0.348 e. The van der Waals surface area contributed by atoms with Gasteiger partial charge in [-0.1, -0.05) is 18.9 Å². The summed E-state index contributed by atoms with van der Waals surface area (Å²) in [6.45, 7) is 5.79. The minimum atomic E-state index is -0.935. The van der Waals surface area contributed by atoms with Crippen LogP contribution in [0.3, 0.4) is 0 Å². The Morgan fingerprint density at radius 1 is 1.12 bits per heavy atom. The molecule has 2 heterocycles. The van der Waals surface area contributed by atoms with Gasteiger partial charge in [-0.2, -0.15) is 4.98 Å². The van der Waals surface area contributed by atoms with Crippen LogP contribution in [0.1, 0.15) is 49.1 Å². The molecule has 1 saturated carbocycles. The summed E-state index contributed by atoms with van der Waals surface area (Å²) in [5, 5.41) is 12.2. The number of ether oxygens (including phenoxy) is 2. The maximum atomic E-state index is 14.1. The predicted octanol–water partition coefficient (Wildman–Crippen LogP) is 1.01. The Labute approximate surface area is 252 Å². The minimum absolute atomic E-state index is 0.115. The molecule has 1 aromatic heterocycles. The number of amides is 3. The van der Waals surface area contributed by atoms with E-state index in [0.29, 0.717) is 68.4 Å². The molecule has 2 aliphatic rings. The molecule has 0 spiro atoms. The Morgan fingerprint density at radius 3 is 2.67 bits per heavy atom. The fourth-order valence-corrected chi connectivity index (χ4v) is 5.52. The third-order valence-electron chi connectivity index (χ3n) is 7.96. The van der Waals surface area contributed by atoms with Crippen LogP contribution in [0.4, 0.5) is 0 Å². The molecule has 1 unspecified atom stereocenters. The number of rotatable bonds is 7. The monoisotopic (exact) mass is 596 g/mol. The van der Waals surface area contributed by atoms with Crippen molar-refractivity contribution in [2.75, 3.05) is 46.4 Å². The molecule has 3 amide bonds. The van der Waals surface area contributed by atoms with Crippen LogP contribution in [0, 0.1) is 25.2 Å². The third kappa shape index (κ3) is 9.28. The lowest BCUT2D eigenvalue weighted by Gasteiger charge is -2.33. The third-order valence-corrected chi connectivity index (χ3v) is 7.96. The topological polar surface area (TPSA) is 153 Å². The molecule has 1 atom stereocenters. The Hall–Kier alpha value is -3.93. The molecule has 0 radical (unpaired) electrons. The lowest BCUT2D eigenvalue weighted by Crippen LogP contribution is -2.51. The molecule has 1 fully saturated rings. The van der Waals surface area contributed by atoms with Crippen molar-refractivity contribution < 1.29 is 23.9 Å². The van der Waals surface area contributed by atoms with Gasteiger partial charge in [0.2, 0.25) is 11.8 Å². The summed E-state index contributed by atoms with van der Waals surface area (Å²) in [7, 11) is 1.53. The summed E-state index contributed by atoms with van der Waals surface area (Å²) >= 11 is 0. The number of aromatic nitrogens is 2. The highest BCUT2D eigenvalue weighted by atomic mass is 16.5. The van der Waals surface area contributed by atoms with Crippen molar-refractivity contribution in [3.8, 4) is 11.5 Å². The van der Waals surface area contributed by atoms with Crippen molar-refractivity contribution in [2.24, 2.45) is 11.3 Å². The van der Waals surface area contributed by atoms with Crippen LogP contribution >= 0.6 is 0 Å². The SMILES string of the molecule is COc1ccc2cc1OCC(=O)NCCNCCCC(=O)NCC(CC1CC1)(C(=O)NCCn1c(C)cc(C)nc1=O)C2. The maximum absolute atomic E-state index is 14.1. The molecule has 1 aliphatic heterocycles. The summed E-state index contributed by atoms with van der Waals surface area (Å²) in [5.41, 5.74) is 0.961. The molecule has 1 aromatic carbocycles. The van der Waals surface area contributed by atoms with E-state index in [2.05, 4.69) is 26.3 Å². The second-order valence-corrected chi connectivity index (χ2v) is 11.6. The van der Waals surface area contributed by atoms with Gasteiger partial charge in [-0.25, -0.2) is 4.79 Å². The number of methoxy groups -OCH3 is 1. The average Bonchev–Trinajstić information content (AvgIpc) is 3.79. The van der Waals surface area contributed by atoms with E-state index in [4.69, 9.17) is 9.47 Å². The number of aryl methyl sites for hydroxylation is 2. The number of carbonyl (C=O) groups is 3. The van der Waals surface area contributed by atoms with Crippen molar-refractivity contribution in [3.63, 3.8) is 0 Å². The fraction of sp³-hybridized carbons (Fsp3) is 0.581. The van der Waals surface area contributed by atoms with Crippen LogP contribution < -0.4 is 36.4 Å². The molecule has 2 bridgehead atoms. The molecule has 4 N–H and O–H groups in total. The lowest BCUT2D eigenvalue weighted by atomic mass is 9.75. The van der Waals surface area contributed by atoms with Crippen LogP contribution in [-0.4, -0.2) is 73.7 Å². The number of carbonyl (C=O) groups excluding carboxylic acids is 3. The van der Waals surface area contributed by atoms with Crippen molar-refractivity contribution in [2.45, 2.75) is 58.9 Å². The van der Waals surface area contributed by atoms with E-state index in [0.717, 1.165) is 24.1 Å². The second kappa shape index (κ2) is 15.0. The lowest BCUT2D eigenvalue weighted by molar-refractivity contribution is -0.132. The first-order chi connectivity index (χ1) is 20.7. The van der Waals surface area contributed by atoms with Crippen molar-refractivity contribution in [1.29, 1.82) is 0 Å². The zero-order valence-electron chi connectivity index (χ0n) is 25.4. The van der Waals surface area contributed by atoms with Crippen LogP contribution in [-0.2, 0) is 27.3 Å². The zero-order chi connectivity index (χ0) is 30.8. The largest absolute Gasteiger partial charge is 0.493 e. The first-order valence-corrected chi connectivity index (χ1v) is 15.1. The van der Waals surface area contributed by atoms with Crippen molar-refractivity contribution in [1.82, 2.24) is 30.8 Å². The Balaban J connectivity index is 1.60. The highest BCUT2D eigenvalue weighted by Gasteiger charge is 2.43. The second-order valence-electron chi connectivity index (χ2n) is 11.6. The van der Waals surface area contributed by atoms with Gasteiger partial charge >= 0.3 is 5.69 Å². The Morgan fingerprint density at radius 2 is 1.93 bits per heavy atom. The van der Waals surface area contributed by atoms with Gasteiger partial charge in [0.15, 0.2) is 18.1 Å². The van der Waals surface area contributed by atoms with Gasteiger partial charge in [-0.05, 0) is 69.3 Å². The number of hydrogen-bond donors (Lipinski definition) is 4. The van der Waals surface area contributed by atoms with Gasteiger partial charge in [0.05, 0.1) is 12.5 Å². The number of fused-ring (bicyclic) bond motifs is 2. The summed E-state index contributed by atoms with van der Waals surface area (Å²) < 4.78 is 12.9. The Bertz CT molecular complexity index is 1360. The van der Waals surface area contributed by atoms with E-state index in [1.54, 1.807) is 23.6 Å². The van der Waals surface area contributed by atoms with E-state index >= 15 is 0 Å².